The Labute approximate surface area is 140 Å². The second-order valence-corrected chi connectivity index (χ2v) is 6.84. The molecule has 5 heteroatoms. The average molecular weight is 326 g/mol. The summed E-state index contributed by atoms with van der Waals surface area (Å²) in [5.74, 6) is 0.139. The van der Waals surface area contributed by atoms with Crippen molar-refractivity contribution < 1.29 is 9.21 Å². The second-order valence-electron chi connectivity index (χ2n) is 6.84. The number of nitrogens with zero attached hydrogens (tertiary/aromatic N) is 1. The smallest absolute Gasteiger partial charge is 0.336 e. The lowest BCUT2D eigenvalue weighted by Crippen LogP contribution is -2.49. The molecule has 1 N–H and O–H groups in total. The molecule has 2 saturated heterocycles. The van der Waals surface area contributed by atoms with Crippen molar-refractivity contribution in [2.75, 3.05) is 13.1 Å². The number of fused-ring (bicyclic) bond motifs is 1. The lowest BCUT2D eigenvalue weighted by atomic mass is 9.93. The first-order chi connectivity index (χ1) is 11.6. The maximum atomic E-state index is 12.4. The van der Waals surface area contributed by atoms with E-state index in [2.05, 4.69) is 23.2 Å². The molecule has 3 heterocycles. The topological polar surface area (TPSA) is 62.6 Å². The molecule has 2 fully saturated rings. The van der Waals surface area contributed by atoms with Crippen LogP contribution in [0.4, 0.5) is 0 Å². The first-order valence-corrected chi connectivity index (χ1v) is 8.71. The van der Waals surface area contributed by atoms with E-state index < -0.39 is 0 Å². The van der Waals surface area contributed by atoms with Crippen LogP contribution in [0.2, 0.25) is 0 Å². The molecule has 2 aliphatic rings. The van der Waals surface area contributed by atoms with Crippen molar-refractivity contribution >= 4 is 16.9 Å². The summed E-state index contributed by atoms with van der Waals surface area (Å²) in [7, 11) is 0. The third-order valence-corrected chi connectivity index (χ3v) is 5.53. The lowest BCUT2D eigenvalue weighted by Gasteiger charge is -2.32. The van der Waals surface area contributed by atoms with Gasteiger partial charge in [-0.3, -0.25) is 9.69 Å². The molecule has 0 bridgehead atoms. The number of aryl methyl sites for hydroxylation is 1. The van der Waals surface area contributed by atoms with E-state index in [0.717, 1.165) is 55.3 Å². The summed E-state index contributed by atoms with van der Waals surface area (Å²) in [6, 6.07) is 7.63. The summed E-state index contributed by atoms with van der Waals surface area (Å²) in [6.07, 6.45) is 3.68. The van der Waals surface area contributed by atoms with E-state index in [1.165, 1.54) is 0 Å². The van der Waals surface area contributed by atoms with Crippen LogP contribution in [0, 0.1) is 0 Å². The van der Waals surface area contributed by atoms with Crippen LogP contribution in [0.15, 0.2) is 33.5 Å². The molecule has 126 valence electrons. The minimum Gasteiger partial charge on any atom is -0.423 e. The zero-order chi connectivity index (χ0) is 16.7. The van der Waals surface area contributed by atoms with Gasteiger partial charge in [0, 0.05) is 24.5 Å². The van der Waals surface area contributed by atoms with Gasteiger partial charge in [0.2, 0.25) is 5.91 Å². The maximum Gasteiger partial charge on any atom is 0.336 e. The molecule has 0 radical (unpaired) electrons. The van der Waals surface area contributed by atoms with Crippen molar-refractivity contribution in [2.45, 2.75) is 44.7 Å². The van der Waals surface area contributed by atoms with Crippen LogP contribution < -0.4 is 10.9 Å². The Morgan fingerprint density at radius 2 is 2.12 bits per heavy atom. The van der Waals surface area contributed by atoms with Gasteiger partial charge in [-0.15, -0.1) is 0 Å². The van der Waals surface area contributed by atoms with E-state index in [1.54, 1.807) is 6.07 Å². The Hall–Kier alpha value is -2.14. The van der Waals surface area contributed by atoms with Crippen molar-refractivity contribution in [3.63, 3.8) is 0 Å². The number of benzene rings is 1. The van der Waals surface area contributed by atoms with Gasteiger partial charge in [-0.05, 0) is 49.4 Å². The molecule has 2 aliphatic heterocycles. The molecule has 0 unspecified atom stereocenters. The zero-order valence-corrected chi connectivity index (χ0v) is 13.9. The monoisotopic (exact) mass is 326 g/mol. The number of likely N-dealkylation sites (tertiary alicyclic amines) is 1. The average Bonchev–Trinajstić information content (AvgIpc) is 3.14. The first-order valence-electron chi connectivity index (χ1n) is 8.71. The second kappa shape index (κ2) is 5.74. The predicted molar refractivity (Wildman–Crippen MR) is 91.9 cm³/mol. The van der Waals surface area contributed by atoms with Gasteiger partial charge in [0.25, 0.3) is 0 Å². The summed E-state index contributed by atoms with van der Waals surface area (Å²) < 4.78 is 5.39. The van der Waals surface area contributed by atoms with E-state index in [4.69, 9.17) is 4.42 Å². The molecule has 2 aromatic rings. The molecule has 4 rings (SSSR count). The number of amides is 1. The highest BCUT2D eigenvalue weighted by Crippen LogP contribution is 2.37. The fourth-order valence-electron chi connectivity index (χ4n) is 4.20. The fraction of sp³-hybridized carbons (Fsp3) is 0.474. The molecule has 1 aromatic heterocycles. The van der Waals surface area contributed by atoms with Gasteiger partial charge < -0.3 is 9.73 Å². The number of carbonyl (C=O) groups excluding carboxylic acids is 1. The number of hydrogen-bond donors (Lipinski definition) is 1. The highest BCUT2D eigenvalue weighted by Gasteiger charge is 2.49. The van der Waals surface area contributed by atoms with Crippen molar-refractivity contribution in [3.05, 3.63) is 45.8 Å². The van der Waals surface area contributed by atoms with E-state index >= 15 is 0 Å². The van der Waals surface area contributed by atoms with Gasteiger partial charge >= 0.3 is 5.63 Å². The van der Waals surface area contributed by atoms with Crippen molar-refractivity contribution in [3.8, 4) is 0 Å². The standard InChI is InChI=1S/C19H22N2O3/c1-2-13-4-5-15-14(11-17(22)24-16(15)10-13)12-21-9-3-6-19(21)7-8-20-18(19)23/h4-5,10-11H,2-3,6-9,12H2,1H3,(H,20,23)/t19-/m0/s1. The molecule has 24 heavy (non-hydrogen) atoms. The van der Waals surface area contributed by atoms with Gasteiger partial charge in [0.05, 0.1) is 0 Å². The SMILES string of the molecule is CCc1ccc2c(CN3CCC[C@@]34CCNC4=O)cc(=O)oc2c1. The van der Waals surface area contributed by atoms with E-state index in [1.807, 2.05) is 12.1 Å². The third kappa shape index (κ3) is 2.35. The van der Waals surface area contributed by atoms with Crippen LogP contribution in [-0.4, -0.2) is 29.4 Å². The van der Waals surface area contributed by atoms with Crippen molar-refractivity contribution in [1.82, 2.24) is 10.2 Å². The molecule has 0 aliphatic carbocycles. The van der Waals surface area contributed by atoms with Crippen LogP contribution in [0.25, 0.3) is 11.0 Å². The van der Waals surface area contributed by atoms with Crippen LogP contribution in [0.1, 0.15) is 37.3 Å². The van der Waals surface area contributed by atoms with E-state index in [9.17, 15) is 9.59 Å². The summed E-state index contributed by atoms with van der Waals surface area (Å²) >= 11 is 0. The Kier molecular flexibility index (Phi) is 3.68. The molecular formula is C19H22N2O3. The van der Waals surface area contributed by atoms with Gasteiger partial charge in [0.15, 0.2) is 0 Å². The normalized spacial score (nSPS) is 24.1. The van der Waals surface area contributed by atoms with Gasteiger partial charge in [-0.25, -0.2) is 4.79 Å². The molecule has 5 nitrogen and oxygen atoms in total. The Balaban J connectivity index is 1.74. The lowest BCUT2D eigenvalue weighted by molar-refractivity contribution is -0.128. The number of hydrogen-bond acceptors (Lipinski definition) is 4. The molecule has 1 amide bonds. The van der Waals surface area contributed by atoms with Crippen LogP contribution in [0.5, 0.6) is 0 Å². The number of carbonyl (C=O) groups is 1. The predicted octanol–water partition coefficient (Wildman–Crippen LogP) is 2.21. The van der Waals surface area contributed by atoms with Crippen LogP contribution in [0.3, 0.4) is 0 Å². The Bertz CT molecular complexity index is 853. The fourth-order valence-corrected chi connectivity index (χ4v) is 4.20. The van der Waals surface area contributed by atoms with Gasteiger partial charge in [-0.1, -0.05) is 19.1 Å². The minimum absolute atomic E-state index is 0.139. The van der Waals surface area contributed by atoms with E-state index in [0.29, 0.717) is 12.1 Å². The quantitative estimate of drug-likeness (QED) is 0.879. The Morgan fingerprint density at radius 3 is 2.88 bits per heavy atom. The summed E-state index contributed by atoms with van der Waals surface area (Å²) in [6.45, 7) is 4.33. The number of rotatable bonds is 3. The Morgan fingerprint density at radius 1 is 1.25 bits per heavy atom. The number of nitrogens with one attached hydrogen (secondary N) is 1. The van der Waals surface area contributed by atoms with Gasteiger partial charge in [-0.2, -0.15) is 0 Å². The molecule has 0 saturated carbocycles. The van der Waals surface area contributed by atoms with Crippen LogP contribution in [-0.2, 0) is 17.8 Å². The highest BCUT2D eigenvalue weighted by molar-refractivity contribution is 5.89. The van der Waals surface area contributed by atoms with E-state index in [-0.39, 0.29) is 17.1 Å². The van der Waals surface area contributed by atoms with Crippen LogP contribution >= 0.6 is 0 Å². The zero-order valence-electron chi connectivity index (χ0n) is 13.9. The third-order valence-electron chi connectivity index (χ3n) is 5.53. The molecule has 1 atom stereocenters. The van der Waals surface area contributed by atoms with Gasteiger partial charge in [0.1, 0.15) is 11.1 Å². The molecule has 1 spiro atoms. The summed E-state index contributed by atoms with van der Waals surface area (Å²) in [5, 5.41) is 3.94. The molecule has 1 aromatic carbocycles. The first kappa shape index (κ1) is 15.4. The summed E-state index contributed by atoms with van der Waals surface area (Å²) in [4.78, 5) is 26.6. The maximum absolute atomic E-state index is 12.4. The highest BCUT2D eigenvalue weighted by atomic mass is 16.4. The van der Waals surface area contributed by atoms with Crippen molar-refractivity contribution in [1.29, 1.82) is 0 Å². The minimum atomic E-state index is -0.383. The summed E-state index contributed by atoms with van der Waals surface area (Å²) in [5.41, 5.74) is 2.03. The van der Waals surface area contributed by atoms with Crippen molar-refractivity contribution in [2.24, 2.45) is 0 Å². The largest absolute Gasteiger partial charge is 0.423 e. The molecular weight excluding hydrogens is 304 g/mol.